The van der Waals surface area contributed by atoms with E-state index < -0.39 is 0 Å². The van der Waals surface area contributed by atoms with E-state index in [-0.39, 0.29) is 25.2 Å². The molecule has 0 radical (unpaired) electrons. The van der Waals surface area contributed by atoms with Crippen LogP contribution in [-0.4, -0.2) is 61.4 Å². The van der Waals surface area contributed by atoms with Gasteiger partial charge in [0.05, 0.1) is 12.7 Å². The van der Waals surface area contributed by atoms with E-state index in [4.69, 9.17) is 9.84 Å². The van der Waals surface area contributed by atoms with E-state index in [9.17, 15) is 4.79 Å². The van der Waals surface area contributed by atoms with Crippen LogP contribution in [0.2, 0.25) is 0 Å². The standard InChI is InChI=1S/C12H24N2O3/c1-2-7-14(8-9-15)12(16)10-17-11-3-5-13-6-4-11/h11,13,15H,2-10H2,1H3. The molecule has 1 amide bonds. The minimum Gasteiger partial charge on any atom is -0.395 e. The van der Waals surface area contributed by atoms with Crippen molar-refractivity contribution >= 4 is 5.91 Å². The van der Waals surface area contributed by atoms with Crippen molar-refractivity contribution in [2.24, 2.45) is 0 Å². The molecule has 17 heavy (non-hydrogen) atoms. The van der Waals surface area contributed by atoms with Gasteiger partial charge in [0.2, 0.25) is 5.91 Å². The topological polar surface area (TPSA) is 61.8 Å². The lowest BCUT2D eigenvalue weighted by Gasteiger charge is -2.25. The molecule has 1 heterocycles. The predicted octanol–water partition coefficient (Wildman–Crippen LogP) is -0.0141. The number of carbonyl (C=O) groups is 1. The second-order valence-electron chi connectivity index (χ2n) is 4.36. The molecule has 0 unspecified atom stereocenters. The fourth-order valence-corrected chi connectivity index (χ4v) is 1.99. The van der Waals surface area contributed by atoms with Crippen LogP contribution in [-0.2, 0) is 9.53 Å². The van der Waals surface area contributed by atoms with Crippen molar-refractivity contribution in [2.75, 3.05) is 39.4 Å². The zero-order valence-electron chi connectivity index (χ0n) is 10.7. The van der Waals surface area contributed by atoms with Gasteiger partial charge in [-0.2, -0.15) is 0 Å². The molecule has 1 aliphatic rings. The Bertz CT molecular complexity index is 212. The second-order valence-corrected chi connectivity index (χ2v) is 4.36. The lowest BCUT2D eigenvalue weighted by molar-refractivity contribution is -0.139. The largest absolute Gasteiger partial charge is 0.395 e. The van der Waals surface area contributed by atoms with Gasteiger partial charge in [0.25, 0.3) is 0 Å². The van der Waals surface area contributed by atoms with Gasteiger partial charge in [0.15, 0.2) is 0 Å². The molecule has 5 heteroatoms. The first-order chi connectivity index (χ1) is 8.27. The highest BCUT2D eigenvalue weighted by Gasteiger charge is 2.17. The van der Waals surface area contributed by atoms with Crippen molar-refractivity contribution < 1.29 is 14.6 Å². The molecule has 0 spiro atoms. The molecule has 1 saturated heterocycles. The van der Waals surface area contributed by atoms with Crippen molar-refractivity contribution in [3.63, 3.8) is 0 Å². The molecule has 0 saturated carbocycles. The van der Waals surface area contributed by atoms with E-state index in [1.54, 1.807) is 4.90 Å². The van der Waals surface area contributed by atoms with Gasteiger partial charge in [-0.05, 0) is 32.4 Å². The molecule has 0 aromatic rings. The van der Waals surface area contributed by atoms with E-state index in [0.29, 0.717) is 13.1 Å². The number of piperidine rings is 1. The summed E-state index contributed by atoms with van der Waals surface area (Å²) in [6.45, 7) is 5.20. The number of amides is 1. The van der Waals surface area contributed by atoms with Crippen molar-refractivity contribution in [2.45, 2.75) is 32.3 Å². The van der Waals surface area contributed by atoms with Crippen LogP contribution in [0.25, 0.3) is 0 Å². The summed E-state index contributed by atoms with van der Waals surface area (Å²) in [7, 11) is 0. The number of carbonyl (C=O) groups excluding carboxylic acids is 1. The summed E-state index contributed by atoms with van der Waals surface area (Å²) in [4.78, 5) is 13.5. The SMILES string of the molecule is CCCN(CCO)C(=O)COC1CCNCC1. The van der Waals surface area contributed by atoms with Crippen LogP contribution in [0.1, 0.15) is 26.2 Å². The van der Waals surface area contributed by atoms with Crippen molar-refractivity contribution in [3.05, 3.63) is 0 Å². The zero-order chi connectivity index (χ0) is 12.5. The zero-order valence-corrected chi connectivity index (χ0v) is 10.7. The fraction of sp³-hybridized carbons (Fsp3) is 0.917. The monoisotopic (exact) mass is 244 g/mol. The molecular formula is C12H24N2O3. The molecule has 1 aliphatic heterocycles. The van der Waals surface area contributed by atoms with Crippen LogP contribution >= 0.6 is 0 Å². The Morgan fingerprint density at radius 3 is 2.71 bits per heavy atom. The average molecular weight is 244 g/mol. The molecule has 1 rings (SSSR count). The second kappa shape index (κ2) is 8.44. The average Bonchev–Trinajstić information content (AvgIpc) is 2.37. The quantitative estimate of drug-likeness (QED) is 0.661. The van der Waals surface area contributed by atoms with Crippen LogP contribution < -0.4 is 5.32 Å². The minimum atomic E-state index is -0.0144. The summed E-state index contributed by atoms with van der Waals surface area (Å²) in [6.07, 6.45) is 3.05. The van der Waals surface area contributed by atoms with Crippen LogP contribution in [0.5, 0.6) is 0 Å². The molecular weight excluding hydrogens is 220 g/mol. The van der Waals surface area contributed by atoms with E-state index >= 15 is 0 Å². The van der Waals surface area contributed by atoms with E-state index in [1.165, 1.54) is 0 Å². The number of nitrogens with one attached hydrogen (secondary N) is 1. The Balaban J connectivity index is 2.25. The number of nitrogens with zero attached hydrogens (tertiary/aromatic N) is 1. The molecule has 0 aliphatic carbocycles. The van der Waals surface area contributed by atoms with Crippen molar-refractivity contribution in [1.82, 2.24) is 10.2 Å². The first kappa shape index (κ1) is 14.4. The van der Waals surface area contributed by atoms with Crippen LogP contribution in [0.4, 0.5) is 0 Å². The predicted molar refractivity (Wildman–Crippen MR) is 65.8 cm³/mol. The van der Waals surface area contributed by atoms with Gasteiger partial charge in [0.1, 0.15) is 6.61 Å². The first-order valence-corrected chi connectivity index (χ1v) is 6.49. The molecule has 2 N–H and O–H groups in total. The minimum absolute atomic E-state index is 0.0130. The van der Waals surface area contributed by atoms with E-state index in [0.717, 1.165) is 32.4 Å². The summed E-state index contributed by atoms with van der Waals surface area (Å²) >= 11 is 0. The molecule has 5 nitrogen and oxygen atoms in total. The number of aliphatic hydroxyl groups is 1. The molecule has 0 aromatic heterocycles. The third kappa shape index (κ3) is 5.48. The molecule has 0 aromatic carbocycles. The number of rotatable bonds is 7. The maximum absolute atomic E-state index is 11.8. The van der Waals surface area contributed by atoms with Gasteiger partial charge in [-0.3, -0.25) is 4.79 Å². The molecule has 0 bridgehead atoms. The summed E-state index contributed by atoms with van der Waals surface area (Å²) < 4.78 is 5.61. The smallest absolute Gasteiger partial charge is 0.248 e. The lowest BCUT2D eigenvalue weighted by Crippen LogP contribution is -2.39. The Morgan fingerprint density at radius 1 is 1.41 bits per heavy atom. The highest BCUT2D eigenvalue weighted by atomic mass is 16.5. The molecule has 0 atom stereocenters. The van der Waals surface area contributed by atoms with Crippen molar-refractivity contribution in [1.29, 1.82) is 0 Å². The summed E-state index contributed by atoms with van der Waals surface area (Å²) in [5.41, 5.74) is 0. The normalized spacial score (nSPS) is 17.1. The summed E-state index contributed by atoms with van der Waals surface area (Å²) in [5, 5.41) is 12.1. The maximum atomic E-state index is 11.8. The van der Waals surface area contributed by atoms with Gasteiger partial charge < -0.3 is 20.1 Å². The Kier molecular flexibility index (Phi) is 7.16. The highest BCUT2D eigenvalue weighted by Crippen LogP contribution is 2.07. The van der Waals surface area contributed by atoms with E-state index in [1.807, 2.05) is 6.92 Å². The van der Waals surface area contributed by atoms with Crippen molar-refractivity contribution in [3.8, 4) is 0 Å². The van der Waals surface area contributed by atoms with Gasteiger partial charge in [-0.25, -0.2) is 0 Å². The Morgan fingerprint density at radius 2 is 2.12 bits per heavy atom. The van der Waals surface area contributed by atoms with E-state index in [2.05, 4.69) is 5.32 Å². The van der Waals surface area contributed by atoms with Gasteiger partial charge >= 0.3 is 0 Å². The fourth-order valence-electron chi connectivity index (χ4n) is 1.99. The van der Waals surface area contributed by atoms with Crippen LogP contribution in [0.3, 0.4) is 0 Å². The Hall–Kier alpha value is -0.650. The first-order valence-electron chi connectivity index (χ1n) is 6.49. The van der Waals surface area contributed by atoms with Gasteiger partial charge in [0, 0.05) is 13.1 Å². The van der Waals surface area contributed by atoms with Gasteiger partial charge in [-0.15, -0.1) is 0 Å². The number of ether oxygens (including phenoxy) is 1. The molecule has 100 valence electrons. The number of aliphatic hydroxyl groups excluding tert-OH is 1. The summed E-state index contributed by atoms with van der Waals surface area (Å²) in [5.74, 6) is -0.0144. The molecule has 1 fully saturated rings. The highest BCUT2D eigenvalue weighted by molar-refractivity contribution is 5.77. The third-order valence-electron chi connectivity index (χ3n) is 2.94. The third-order valence-corrected chi connectivity index (χ3v) is 2.94. The summed E-state index contributed by atoms with van der Waals surface area (Å²) in [6, 6.07) is 0. The van der Waals surface area contributed by atoms with Crippen LogP contribution in [0, 0.1) is 0 Å². The van der Waals surface area contributed by atoms with Crippen LogP contribution in [0.15, 0.2) is 0 Å². The number of hydrogen-bond acceptors (Lipinski definition) is 4. The maximum Gasteiger partial charge on any atom is 0.248 e. The lowest BCUT2D eigenvalue weighted by atomic mass is 10.1. The number of hydrogen-bond donors (Lipinski definition) is 2. The van der Waals surface area contributed by atoms with Gasteiger partial charge in [-0.1, -0.05) is 6.92 Å². The Labute approximate surface area is 103 Å².